The molecular weight excluding hydrogens is 418 g/mol. The Hall–Kier alpha value is -2.51. The first kappa shape index (κ1) is 23.2. The Morgan fingerprint density at radius 3 is 2.87 bits per heavy atom. The maximum Gasteiger partial charge on any atom is 0.263 e. The summed E-state index contributed by atoms with van der Waals surface area (Å²) in [5.74, 6) is 0.531. The number of amides is 1. The number of aromatic nitrogens is 1. The first-order valence-electron chi connectivity index (χ1n) is 10.2. The molecule has 0 spiro atoms. The second-order valence-electron chi connectivity index (χ2n) is 7.95. The van der Waals surface area contributed by atoms with Gasteiger partial charge < -0.3 is 25.0 Å². The van der Waals surface area contributed by atoms with Crippen molar-refractivity contribution in [1.29, 1.82) is 5.26 Å². The first-order chi connectivity index (χ1) is 14.8. The van der Waals surface area contributed by atoms with E-state index in [1.54, 1.807) is 19.1 Å². The van der Waals surface area contributed by atoms with Crippen LogP contribution in [0.25, 0.3) is 10.6 Å². The molecule has 1 saturated heterocycles. The number of nitrogens with one attached hydrogen (secondary N) is 1. The Balaban J connectivity index is 1.74. The van der Waals surface area contributed by atoms with Gasteiger partial charge in [-0.25, -0.2) is 4.98 Å². The van der Waals surface area contributed by atoms with Crippen molar-refractivity contribution in [2.24, 2.45) is 5.92 Å². The van der Waals surface area contributed by atoms with Crippen LogP contribution in [-0.2, 0) is 4.74 Å². The summed E-state index contributed by atoms with van der Waals surface area (Å²) in [7, 11) is 0. The molecule has 1 aromatic carbocycles. The topological polar surface area (TPSA) is 125 Å². The minimum atomic E-state index is -1.17. The van der Waals surface area contributed by atoms with Gasteiger partial charge in [-0.2, -0.15) is 5.26 Å². The van der Waals surface area contributed by atoms with Gasteiger partial charge in [0, 0.05) is 5.56 Å². The third kappa shape index (κ3) is 5.60. The highest BCUT2D eigenvalue weighted by molar-refractivity contribution is 7.17. The van der Waals surface area contributed by atoms with Crippen molar-refractivity contribution in [3.05, 3.63) is 34.3 Å². The van der Waals surface area contributed by atoms with Gasteiger partial charge >= 0.3 is 0 Å². The molecule has 2 aromatic rings. The molecule has 0 aliphatic carbocycles. The Kier molecular flexibility index (Phi) is 7.62. The number of carbonyl (C=O) groups is 1. The van der Waals surface area contributed by atoms with Gasteiger partial charge in [-0.15, -0.1) is 11.3 Å². The van der Waals surface area contributed by atoms with Crippen LogP contribution in [-0.4, -0.2) is 52.8 Å². The number of aryl methyl sites for hydroxylation is 1. The van der Waals surface area contributed by atoms with Crippen LogP contribution >= 0.6 is 11.3 Å². The minimum absolute atomic E-state index is 0.166. The molecule has 2 heterocycles. The number of rotatable bonds is 7. The van der Waals surface area contributed by atoms with E-state index in [1.807, 2.05) is 19.9 Å². The number of aliphatic hydroxyl groups is 2. The zero-order valence-electron chi connectivity index (χ0n) is 17.8. The molecule has 1 amide bonds. The summed E-state index contributed by atoms with van der Waals surface area (Å²) in [6, 6.07) is 6.89. The largest absolute Gasteiger partial charge is 0.492 e. The van der Waals surface area contributed by atoms with Crippen molar-refractivity contribution in [3.63, 3.8) is 0 Å². The maximum absolute atomic E-state index is 12.8. The van der Waals surface area contributed by atoms with Crippen LogP contribution < -0.4 is 10.1 Å². The van der Waals surface area contributed by atoms with Crippen LogP contribution in [0.5, 0.6) is 5.75 Å². The van der Waals surface area contributed by atoms with Gasteiger partial charge in [0.2, 0.25) is 0 Å². The number of aliphatic hydroxyl groups excluding tert-OH is 2. The van der Waals surface area contributed by atoms with Crippen LogP contribution in [0, 0.1) is 24.2 Å². The van der Waals surface area contributed by atoms with E-state index in [0.29, 0.717) is 52.3 Å². The molecule has 3 atom stereocenters. The molecule has 0 saturated carbocycles. The Morgan fingerprint density at radius 1 is 1.45 bits per heavy atom. The molecule has 3 unspecified atom stereocenters. The van der Waals surface area contributed by atoms with Crippen LogP contribution in [0.4, 0.5) is 0 Å². The predicted octanol–water partition coefficient (Wildman–Crippen LogP) is 2.61. The standard InChI is InChI=1S/C22H27N3O5S/c1-12(2)11-29-18-7-4-14(8-15(18)9-23)21-24-13(3)19(31-21)20(27)25-17-6-5-16(10-26)30-22(17)28/h4,7-8,12,16-17,22,26,28H,5-6,10-11H2,1-3H3,(H,25,27). The molecule has 3 N–H and O–H groups in total. The lowest BCUT2D eigenvalue weighted by Crippen LogP contribution is -2.49. The lowest BCUT2D eigenvalue weighted by molar-refractivity contribution is -0.185. The number of hydrogen-bond acceptors (Lipinski definition) is 8. The lowest BCUT2D eigenvalue weighted by atomic mass is 10.0. The third-order valence-electron chi connectivity index (χ3n) is 4.92. The van der Waals surface area contributed by atoms with Crippen molar-refractivity contribution in [2.75, 3.05) is 13.2 Å². The number of benzene rings is 1. The van der Waals surface area contributed by atoms with Crippen molar-refractivity contribution >= 4 is 17.2 Å². The van der Waals surface area contributed by atoms with Crippen LogP contribution in [0.15, 0.2) is 18.2 Å². The quantitative estimate of drug-likeness (QED) is 0.598. The fourth-order valence-electron chi connectivity index (χ4n) is 3.24. The summed E-state index contributed by atoms with van der Waals surface area (Å²) in [5.41, 5.74) is 1.71. The van der Waals surface area contributed by atoms with Crippen molar-refractivity contribution < 1.29 is 24.5 Å². The van der Waals surface area contributed by atoms with E-state index in [0.717, 1.165) is 5.56 Å². The van der Waals surface area contributed by atoms with Gasteiger partial charge in [-0.3, -0.25) is 4.79 Å². The highest BCUT2D eigenvalue weighted by Gasteiger charge is 2.31. The van der Waals surface area contributed by atoms with E-state index in [-0.39, 0.29) is 12.5 Å². The second kappa shape index (κ2) is 10.2. The highest BCUT2D eigenvalue weighted by Crippen LogP contribution is 2.31. The van der Waals surface area contributed by atoms with Gasteiger partial charge in [0.05, 0.1) is 36.6 Å². The van der Waals surface area contributed by atoms with Gasteiger partial charge in [-0.05, 0) is 43.9 Å². The van der Waals surface area contributed by atoms with Crippen LogP contribution in [0.3, 0.4) is 0 Å². The number of nitriles is 1. The Bertz CT molecular complexity index is 969. The smallest absolute Gasteiger partial charge is 0.263 e. The van der Waals surface area contributed by atoms with Crippen molar-refractivity contribution in [1.82, 2.24) is 10.3 Å². The molecule has 166 valence electrons. The number of carbonyl (C=O) groups excluding carboxylic acids is 1. The fourth-order valence-corrected chi connectivity index (χ4v) is 4.21. The molecule has 0 radical (unpaired) electrons. The predicted molar refractivity (Wildman–Crippen MR) is 116 cm³/mol. The van der Waals surface area contributed by atoms with E-state index >= 15 is 0 Å². The summed E-state index contributed by atoms with van der Waals surface area (Å²) in [6.07, 6.45) is -0.527. The van der Waals surface area contributed by atoms with Crippen molar-refractivity contribution in [3.8, 4) is 22.4 Å². The van der Waals surface area contributed by atoms with Crippen LogP contribution in [0.1, 0.15) is 47.6 Å². The molecule has 8 nitrogen and oxygen atoms in total. The summed E-state index contributed by atoms with van der Waals surface area (Å²) < 4.78 is 11.0. The average molecular weight is 446 g/mol. The summed E-state index contributed by atoms with van der Waals surface area (Å²) >= 11 is 1.22. The van der Waals surface area contributed by atoms with E-state index in [4.69, 9.17) is 14.6 Å². The number of ether oxygens (including phenoxy) is 2. The summed E-state index contributed by atoms with van der Waals surface area (Å²) in [5, 5.41) is 32.1. The molecular formula is C22H27N3O5S. The molecule has 0 bridgehead atoms. The molecule has 31 heavy (non-hydrogen) atoms. The Labute approximate surface area is 185 Å². The number of thiazole rings is 1. The second-order valence-corrected chi connectivity index (χ2v) is 8.95. The highest BCUT2D eigenvalue weighted by atomic mass is 32.1. The third-order valence-corrected chi connectivity index (χ3v) is 6.12. The minimum Gasteiger partial charge on any atom is -0.492 e. The van der Waals surface area contributed by atoms with E-state index in [2.05, 4.69) is 16.4 Å². The SMILES string of the molecule is Cc1nc(-c2ccc(OCC(C)C)c(C#N)c2)sc1C(=O)NC1CCC(CO)OC1O. The summed E-state index contributed by atoms with van der Waals surface area (Å²) in [4.78, 5) is 17.7. The molecule has 1 aromatic heterocycles. The first-order valence-corrected chi connectivity index (χ1v) is 11.0. The monoisotopic (exact) mass is 445 g/mol. The molecule has 3 rings (SSSR count). The summed E-state index contributed by atoms with van der Waals surface area (Å²) in [6.45, 7) is 6.17. The maximum atomic E-state index is 12.8. The molecule has 9 heteroatoms. The number of nitrogens with zero attached hydrogens (tertiary/aromatic N) is 2. The molecule has 1 fully saturated rings. The zero-order chi connectivity index (χ0) is 22.5. The Morgan fingerprint density at radius 2 is 2.23 bits per heavy atom. The molecule has 1 aliphatic heterocycles. The van der Waals surface area contributed by atoms with Gasteiger partial charge in [0.15, 0.2) is 6.29 Å². The van der Waals surface area contributed by atoms with E-state index < -0.39 is 18.4 Å². The van der Waals surface area contributed by atoms with Crippen molar-refractivity contribution in [2.45, 2.75) is 52.0 Å². The average Bonchev–Trinajstić information content (AvgIpc) is 3.15. The normalized spacial score (nSPS) is 21.0. The van der Waals surface area contributed by atoms with Gasteiger partial charge in [0.25, 0.3) is 5.91 Å². The lowest BCUT2D eigenvalue weighted by Gasteiger charge is -2.32. The van der Waals surface area contributed by atoms with Gasteiger partial charge in [-0.1, -0.05) is 13.8 Å². The molecule has 1 aliphatic rings. The van der Waals surface area contributed by atoms with E-state index in [9.17, 15) is 15.2 Å². The number of hydrogen-bond donors (Lipinski definition) is 3. The van der Waals surface area contributed by atoms with E-state index in [1.165, 1.54) is 11.3 Å². The van der Waals surface area contributed by atoms with Gasteiger partial charge in [0.1, 0.15) is 21.7 Å². The van der Waals surface area contributed by atoms with Crippen LogP contribution in [0.2, 0.25) is 0 Å². The zero-order valence-corrected chi connectivity index (χ0v) is 18.6. The fraction of sp³-hybridized carbons (Fsp3) is 0.500.